The smallest absolute Gasteiger partial charge is 0.652 e. The Bertz CT molecular complexity index is 75.1. The summed E-state index contributed by atoms with van der Waals surface area (Å²) < 4.78 is 0. The number of rotatable bonds is 0. The van der Waals surface area contributed by atoms with Gasteiger partial charge in [0, 0.05) is 0 Å². The topological polar surface area (TPSA) is 189 Å². The van der Waals surface area contributed by atoms with Crippen LogP contribution < -0.4 is 20.4 Å². The summed E-state index contributed by atoms with van der Waals surface area (Å²) in [6.07, 6.45) is -4.67. The van der Waals surface area contributed by atoms with Crippen LogP contribution in [0.1, 0.15) is 0 Å². The van der Waals surface area contributed by atoms with Crippen molar-refractivity contribution in [3.05, 3.63) is 0 Å². The fourth-order valence-electron chi connectivity index (χ4n) is 0. The molecule has 0 aliphatic carbocycles. The Morgan fingerprint density at radius 2 is 0.750 bits per heavy atom. The number of carbonyl (C=O) groups is 2. The second-order valence-electron chi connectivity index (χ2n) is 0.500. The van der Waals surface area contributed by atoms with Gasteiger partial charge in [-0.2, -0.15) is 0 Å². The molecule has 0 radical (unpaired) electrons. The maximum Gasteiger partial charge on any atom is 2.00 e. The summed E-state index contributed by atoms with van der Waals surface area (Å²) in [4.78, 5) is 16.7. The molecule has 0 rings (SSSR count). The van der Waals surface area contributed by atoms with Crippen LogP contribution in [0.25, 0.3) is 0 Å². The Hall–Kier alpha value is 0.343. The van der Waals surface area contributed by atoms with Gasteiger partial charge >= 0.3 is 57.2 Å². The molecular weight excluding hydrogens is 257 g/mol. The molecule has 8 nitrogen and oxygen atoms in total. The Balaban J connectivity index is -0.0000000112. The van der Waals surface area contributed by atoms with Gasteiger partial charge in [0.2, 0.25) is 0 Å². The van der Waals surface area contributed by atoms with E-state index in [-0.39, 0.29) is 68.2 Å². The maximum atomic E-state index is 8.33. The van der Waals surface area contributed by atoms with Crippen LogP contribution >= 0.6 is 0 Å². The molecule has 0 fully saturated rings. The normalized spacial score (nSPS) is 4.00. The van der Waals surface area contributed by atoms with E-state index in [0.29, 0.717) is 0 Å². The number of carbonyl (C=O) groups excluding carboxylic acids is 2. The van der Waals surface area contributed by atoms with Crippen LogP contribution in [-0.2, 0) is 19.5 Å². The molecule has 4 N–H and O–H groups in total. The molecule has 0 spiro atoms. The molecule has 0 atom stereocenters. The molecule has 12 heavy (non-hydrogen) atoms. The quantitative estimate of drug-likeness (QED) is 0.389. The van der Waals surface area contributed by atoms with Crippen molar-refractivity contribution in [2.45, 2.75) is 0 Å². The first-order valence-corrected chi connectivity index (χ1v) is 1.22. The van der Waals surface area contributed by atoms with Crippen LogP contribution in [-0.4, -0.2) is 61.0 Å². The van der Waals surface area contributed by atoms with E-state index in [1.54, 1.807) is 0 Å². The van der Waals surface area contributed by atoms with Crippen molar-refractivity contribution in [2.75, 3.05) is 0 Å². The molecule has 10 heteroatoms. The van der Waals surface area contributed by atoms with Gasteiger partial charge in [0.15, 0.2) is 0 Å². The van der Waals surface area contributed by atoms with Crippen molar-refractivity contribution >= 4 is 50.0 Å². The summed E-state index contributed by atoms with van der Waals surface area (Å²) in [6.45, 7) is 0. The summed E-state index contributed by atoms with van der Waals surface area (Å²) in [6, 6.07) is 0. The second kappa shape index (κ2) is 30.2. The maximum absolute atomic E-state index is 8.33. The zero-order chi connectivity index (χ0) is 7.15. The summed E-state index contributed by atoms with van der Waals surface area (Å²) >= 11 is 0. The SMILES string of the molecule is O.O.O=C([O-])[O-].O=C([O-])[O-].[Ca+2].[Zn+2]. The molecule has 0 bridgehead atoms. The molecular formula is C2H4CaO8Zn. The first kappa shape index (κ1) is 39.5. The van der Waals surface area contributed by atoms with E-state index in [2.05, 4.69) is 0 Å². The summed E-state index contributed by atoms with van der Waals surface area (Å²) in [5.41, 5.74) is 0. The zero-order valence-electron chi connectivity index (χ0n) is 5.86. The van der Waals surface area contributed by atoms with Crippen molar-refractivity contribution in [2.24, 2.45) is 0 Å². The predicted molar refractivity (Wildman–Crippen MR) is 23.8 cm³/mol. The fourth-order valence-corrected chi connectivity index (χ4v) is 0. The van der Waals surface area contributed by atoms with Crippen LogP contribution in [0.4, 0.5) is 9.59 Å². The number of hydrogen-bond acceptors (Lipinski definition) is 6. The zero-order valence-corrected chi connectivity index (χ0v) is 11.0. The number of carboxylic acid groups (broad SMARTS) is 4. The van der Waals surface area contributed by atoms with Crippen LogP contribution in [0.5, 0.6) is 0 Å². The minimum atomic E-state index is -2.33. The summed E-state index contributed by atoms with van der Waals surface area (Å²) in [5, 5.41) is 33.3. The van der Waals surface area contributed by atoms with Crippen molar-refractivity contribution < 1.29 is 60.4 Å². The fraction of sp³-hybridized carbons (Fsp3) is 0. The third kappa shape index (κ3) is 7670. The van der Waals surface area contributed by atoms with E-state index in [1.807, 2.05) is 0 Å². The van der Waals surface area contributed by atoms with Gasteiger partial charge < -0.3 is 41.0 Å². The largest absolute Gasteiger partial charge is 2.00 e. The van der Waals surface area contributed by atoms with Gasteiger partial charge in [0.05, 0.1) is 0 Å². The van der Waals surface area contributed by atoms with E-state index in [4.69, 9.17) is 30.0 Å². The molecule has 0 aromatic rings. The monoisotopic (exact) mass is 260 g/mol. The Labute approximate surface area is 110 Å². The molecule has 0 amide bonds. The summed E-state index contributed by atoms with van der Waals surface area (Å²) in [5.74, 6) is 0. The van der Waals surface area contributed by atoms with Gasteiger partial charge in [-0.3, -0.25) is 0 Å². The van der Waals surface area contributed by atoms with Gasteiger partial charge in [0.1, 0.15) is 0 Å². The van der Waals surface area contributed by atoms with Crippen molar-refractivity contribution in [3.8, 4) is 0 Å². The van der Waals surface area contributed by atoms with Gasteiger partial charge in [-0.25, -0.2) is 0 Å². The van der Waals surface area contributed by atoms with Gasteiger partial charge in [-0.15, -0.1) is 0 Å². The van der Waals surface area contributed by atoms with Crippen LogP contribution in [0.2, 0.25) is 0 Å². The second-order valence-corrected chi connectivity index (χ2v) is 0.500. The van der Waals surface area contributed by atoms with Gasteiger partial charge in [-0.1, -0.05) is 0 Å². The average molecular weight is 262 g/mol. The van der Waals surface area contributed by atoms with E-state index in [9.17, 15) is 0 Å². The third-order valence-electron chi connectivity index (χ3n) is 0. The molecule has 0 unspecified atom stereocenters. The Kier molecular flexibility index (Phi) is 99.2. The standard InChI is InChI=1S/2CH2O3.Ca.2H2O.Zn/c2*2-1(3)4;;;;/h2*(H2,2,3,4);;2*1H2;/q;;+2;;;+2/p-4. The minimum absolute atomic E-state index is 0. The average Bonchev–Trinajstić information content (AvgIpc) is 1.25. The molecule has 0 aromatic carbocycles. The first-order chi connectivity index (χ1) is 3.46. The predicted octanol–water partition coefficient (Wildman–Crippen LogP) is -6.93. The Morgan fingerprint density at radius 3 is 0.750 bits per heavy atom. The van der Waals surface area contributed by atoms with Gasteiger partial charge in [0.25, 0.3) is 0 Å². The first-order valence-electron chi connectivity index (χ1n) is 1.22. The molecule has 64 valence electrons. The Morgan fingerprint density at radius 1 is 0.750 bits per heavy atom. The minimum Gasteiger partial charge on any atom is -0.652 e. The number of hydrogen-bond donors (Lipinski definition) is 0. The molecule has 0 saturated heterocycles. The van der Waals surface area contributed by atoms with E-state index >= 15 is 0 Å². The summed E-state index contributed by atoms with van der Waals surface area (Å²) in [7, 11) is 0. The molecule has 0 aliphatic rings. The molecule has 0 heterocycles. The molecule has 0 aliphatic heterocycles. The molecule has 0 aromatic heterocycles. The van der Waals surface area contributed by atoms with Crippen molar-refractivity contribution in [1.82, 2.24) is 0 Å². The van der Waals surface area contributed by atoms with E-state index < -0.39 is 12.3 Å². The van der Waals surface area contributed by atoms with Crippen LogP contribution in [0.15, 0.2) is 0 Å². The van der Waals surface area contributed by atoms with Crippen LogP contribution in [0, 0.1) is 0 Å². The van der Waals surface area contributed by atoms with E-state index in [1.165, 1.54) is 0 Å². The van der Waals surface area contributed by atoms with Gasteiger partial charge in [-0.05, 0) is 12.3 Å². The van der Waals surface area contributed by atoms with Crippen LogP contribution in [0.3, 0.4) is 0 Å². The van der Waals surface area contributed by atoms with E-state index in [0.717, 1.165) is 0 Å². The van der Waals surface area contributed by atoms with Crippen molar-refractivity contribution in [1.29, 1.82) is 0 Å². The third-order valence-corrected chi connectivity index (χ3v) is 0. The van der Waals surface area contributed by atoms with Crippen molar-refractivity contribution in [3.63, 3.8) is 0 Å². The molecule has 0 saturated carbocycles.